The molecule has 4 heteroatoms. The van der Waals surface area contributed by atoms with E-state index in [-0.39, 0.29) is 5.91 Å². The minimum atomic E-state index is -0.154. The van der Waals surface area contributed by atoms with Crippen LogP contribution in [0.1, 0.15) is 27.3 Å². The van der Waals surface area contributed by atoms with Crippen LogP contribution in [0.3, 0.4) is 0 Å². The predicted octanol–water partition coefficient (Wildman–Crippen LogP) is 4.26. The molecule has 4 rings (SSSR count). The summed E-state index contributed by atoms with van der Waals surface area (Å²) in [4.78, 5) is 20.2. The zero-order chi connectivity index (χ0) is 17.4. The summed E-state index contributed by atoms with van der Waals surface area (Å²) >= 11 is 0. The normalized spacial score (nSPS) is 11.1. The highest BCUT2D eigenvalue weighted by Crippen LogP contribution is 2.22. The summed E-state index contributed by atoms with van der Waals surface area (Å²) in [5.74, 6) is -0.154. The smallest absolute Gasteiger partial charge is 0.270 e. The SMILES string of the molecule is Cc1[nH]c2ccc(CNC(=O)c3nccc4ccccc34)cc2c1C. The minimum absolute atomic E-state index is 0.154. The zero-order valence-electron chi connectivity index (χ0n) is 14.3. The third kappa shape index (κ3) is 2.76. The number of hydrogen-bond donors (Lipinski definition) is 2. The van der Waals surface area contributed by atoms with E-state index in [0.717, 1.165) is 21.9 Å². The molecule has 4 aromatic rings. The number of carbonyl (C=O) groups excluding carboxylic acids is 1. The van der Waals surface area contributed by atoms with Crippen molar-refractivity contribution >= 4 is 27.6 Å². The Morgan fingerprint density at radius 1 is 1.08 bits per heavy atom. The molecule has 0 radical (unpaired) electrons. The third-order valence-corrected chi connectivity index (χ3v) is 4.71. The Morgan fingerprint density at radius 2 is 1.92 bits per heavy atom. The Labute approximate surface area is 145 Å². The van der Waals surface area contributed by atoms with E-state index in [0.29, 0.717) is 12.2 Å². The highest BCUT2D eigenvalue weighted by Gasteiger charge is 2.11. The van der Waals surface area contributed by atoms with Crippen molar-refractivity contribution in [1.82, 2.24) is 15.3 Å². The number of aryl methyl sites for hydroxylation is 2. The van der Waals surface area contributed by atoms with Crippen molar-refractivity contribution in [3.63, 3.8) is 0 Å². The lowest BCUT2D eigenvalue weighted by Gasteiger charge is -2.08. The van der Waals surface area contributed by atoms with Crippen LogP contribution in [0.4, 0.5) is 0 Å². The van der Waals surface area contributed by atoms with E-state index < -0.39 is 0 Å². The number of aromatic nitrogens is 2. The molecule has 2 N–H and O–H groups in total. The number of nitrogens with one attached hydrogen (secondary N) is 2. The van der Waals surface area contributed by atoms with E-state index in [1.54, 1.807) is 6.20 Å². The molecule has 0 aliphatic rings. The number of pyridine rings is 1. The maximum Gasteiger partial charge on any atom is 0.270 e. The maximum absolute atomic E-state index is 12.6. The number of benzene rings is 2. The molecule has 0 aliphatic carbocycles. The molecule has 0 aliphatic heterocycles. The molecular weight excluding hydrogens is 310 g/mol. The number of aromatic amines is 1. The second-order valence-electron chi connectivity index (χ2n) is 6.32. The summed E-state index contributed by atoms with van der Waals surface area (Å²) in [5.41, 5.74) is 5.09. The van der Waals surface area contributed by atoms with E-state index in [2.05, 4.69) is 41.3 Å². The monoisotopic (exact) mass is 329 g/mol. The molecule has 0 atom stereocenters. The average molecular weight is 329 g/mol. The molecule has 4 nitrogen and oxygen atoms in total. The van der Waals surface area contributed by atoms with Gasteiger partial charge in [0, 0.05) is 34.7 Å². The first-order valence-electron chi connectivity index (χ1n) is 8.33. The zero-order valence-corrected chi connectivity index (χ0v) is 14.3. The number of fused-ring (bicyclic) bond motifs is 2. The summed E-state index contributed by atoms with van der Waals surface area (Å²) < 4.78 is 0. The van der Waals surface area contributed by atoms with E-state index in [9.17, 15) is 4.79 Å². The van der Waals surface area contributed by atoms with E-state index in [4.69, 9.17) is 0 Å². The number of hydrogen-bond acceptors (Lipinski definition) is 2. The number of amides is 1. The fourth-order valence-electron chi connectivity index (χ4n) is 3.19. The van der Waals surface area contributed by atoms with Crippen molar-refractivity contribution < 1.29 is 4.79 Å². The van der Waals surface area contributed by atoms with Crippen LogP contribution in [0.25, 0.3) is 21.7 Å². The van der Waals surface area contributed by atoms with Crippen molar-refractivity contribution in [2.75, 3.05) is 0 Å². The fourth-order valence-corrected chi connectivity index (χ4v) is 3.19. The van der Waals surface area contributed by atoms with Gasteiger partial charge in [0.05, 0.1) is 0 Å². The number of carbonyl (C=O) groups is 1. The van der Waals surface area contributed by atoms with E-state index in [1.165, 1.54) is 16.6 Å². The van der Waals surface area contributed by atoms with Crippen molar-refractivity contribution in [3.05, 3.63) is 77.2 Å². The van der Waals surface area contributed by atoms with Gasteiger partial charge in [0.15, 0.2) is 0 Å². The molecule has 0 unspecified atom stereocenters. The second kappa shape index (κ2) is 6.06. The molecule has 2 heterocycles. The van der Waals surface area contributed by atoms with Crippen molar-refractivity contribution in [2.45, 2.75) is 20.4 Å². The summed E-state index contributed by atoms with van der Waals surface area (Å²) in [6.45, 7) is 4.66. The molecule has 0 spiro atoms. The lowest BCUT2D eigenvalue weighted by molar-refractivity contribution is 0.0948. The molecule has 0 fully saturated rings. The highest BCUT2D eigenvalue weighted by molar-refractivity contribution is 6.05. The van der Waals surface area contributed by atoms with Gasteiger partial charge >= 0.3 is 0 Å². The van der Waals surface area contributed by atoms with Crippen LogP contribution in [-0.2, 0) is 6.54 Å². The van der Waals surface area contributed by atoms with Crippen LogP contribution in [0.5, 0.6) is 0 Å². The molecule has 0 saturated carbocycles. The predicted molar refractivity (Wildman–Crippen MR) is 101 cm³/mol. The standard InChI is InChI=1S/C21H19N3O/c1-13-14(2)24-19-8-7-15(11-18(13)19)12-23-21(25)20-17-6-4-3-5-16(17)9-10-22-20/h3-11,24H,12H2,1-2H3,(H,23,25). The Kier molecular flexibility index (Phi) is 3.73. The van der Waals surface area contributed by atoms with Crippen LogP contribution < -0.4 is 5.32 Å². The van der Waals surface area contributed by atoms with Crippen LogP contribution in [0.15, 0.2) is 54.7 Å². The maximum atomic E-state index is 12.6. The fraction of sp³-hybridized carbons (Fsp3) is 0.143. The average Bonchev–Trinajstić information content (AvgIpc) is 2.93. The van der Waals surface area contributed by atoms with Crippen molar-refractivity contribution in [2.24, 2.45) is 0 Å². The summed E-state index contributed by atoms with van der Waals surface area (Å²) in [6.07, 6.45) is 1.68. The van der Waals surface area contributed by atoms with Gasteiger partial charge in [-0.25, -0.2) is 0 Å². The first-order valence-corrected chi connectivity index (χ1v) is 8.33. The highest BCUT2D eigenvalue weighted by atomic mass is 16.1. The van der Waals surface area contributed by atoms with Gasteiger partial charge in [0.2, 0.25) is 0 Å². The molecule has 2 aromatic heterocycles. The quantitative estimate of drug-likeness (QED) is 0.590. The first-order chi connectivity index (χ1) is 12.1. The van der Waals surface area contributed by atoms with Gasteiger partial charge in [-0.1, -0.05) is 30.3 Å². The van der Waals surface area contributed by atoms with Gasteiger partial charge in [0.25, 0.3) is 5.91 Å². The van der Waals surface area contributed by atoms with Gasteiger partial charge in [0.1, 0.15) is 5.69 Å². The molecular formula is C21H19N3O. The Hall–Kier alpha value is -3.14. The van der Waals surface area contributed by atoms with E-state index in [1.807, 2.05) is 36.4 Å². The van der Waals surface area contributed by atoms with E-state index >= 15 is 0 Å². The van der Waals surface area contributed by atoms with Gasteiger partial charge in [-0.3, -0.25) is 9.78 Å². The summed E-state index contributed by atoms with van der Waals surface area (Å²) in [7, 11) is 0. The van der Waals surface area contributed by atoms with Gasteiger partial charge in [-0.15, -0.1) is 0 Å². The molecule has 1 amide bonds. The van der Waals surface area contributed by atoms with Crippen LogP contribution in [0, 0.1) is 13.8 Å². The molecule has 124 valence electrons. The molecule has 0 saturated heterocycles. The van der Waals surface area contributed by atoms with Crippen LogP contribution in [-0.4, -0.2) is 15.9 Å². The van der Waals surface area contributed by atoms with Gasteiger partial charge in [-0.2, -0.15) is 0 Å². The Morgan fingerprint density at radius 3 is 2.80 bits per heavy atom. The van der Waals surface area contributed by atoms with Crippen LogP contribution in [0.2, 0.25) is 0 Å². The molecule has 2 aromatic carbocycles. The molecule has 0 bridgehead atoms. The Bertz CT molecular complexity index is 1090. The van der Waals surface area contributed by atoms with Crippen LogP contribution >= 0.6 is 0 Å². The topological polar surface area (TPSA) is 57.8 Å². The number of H-pyrrole nitrogens is 1. The van der Waals surface area contributed by atoms with Crippen molar-refractivity contribution in [1.29, 1.82) is 0 Å². The Balaban J connectivity index is 1.58. The lowest BCUT2D eigenvalue weighted by Crippen LogP contribution is -2.24. The van der Waals surface area contributed by atoms with Crippen molar-refractivity contribution in [3.8, 4) is 0 Å². The minimum Gasteiger partial charge on any atom is -0.358 e. The lowest BCUT2D eigenvalue weighted by atomic mass is 10.1. The van der Waals surface area contributed by atoms with Gasteiger partial charge in [-0.05, 0) is 48.6 Å². The number of rotatable bonds is 3. The third-order valence-electron chi connectivity index (χ3n) is 4.71. The van der Waals surface area contributed by atoms with Gasteiger partial charge < -0.3 is 10.3 Å². The first kappa shape index (κ1) is 15.4. The largest absolute Gasteiger partial charge is 0.358 e. The summed E-state index contributed by atoms with van der Waals surface area (Å²) in [5, 5.41) is 6.07. The number of nitrogens with zero attached hydrogens (tertiary/aromatic N) is 1. The summed E-state index contributed by atoms with van der Waals surface area (Å²) in [6, 6.07) is 15.9. The molecule has 25 heavy (non-hydrogen) atoms. The second-order valence-corrected chi connectivity index (χ2v) is 6.32.